The van der Waals surface area contributed by atoms with E-state index in [-0.39, 0.29) is 17.7 Å². The first-order valence-electron chi connectivity index (χ1n) is 7.31. The van der Waals surface area contributed by atoms with Gasteiger partial charge in [-0.2, -0.15) is 0 Å². The predicted molar refractivity (Wildman–Crippen MR) is 86.3 cm³/mol. The maximum atomic E-state index is 12.1. The van der Waals surface area contributed by atoms with E-state index < -0.39 is 0 Å². The van der Waals surface area contributed by atoms with Crippen LogP contribution in [-0.4, -0.2) is 27.4 Å². The highest BCUT2D eigenvalue weighted by molar-refractivity contribution is 7.80. The molecule has 0 spiro atoms. The largest absolute Gasteiger partial charge is 0.459 e. The van der Waals surface area contributed by atoms with Crippen molar-refractivity contribution in [2.75, 3.05) is 6.54 Å². The highest BCUT2D eigenvalue weighted by Crippen LogP contribution is 2.30. The Bertz CT molecular complexity index is 643. The second kappa shape index (κ2) is 6.70. The van der Waals surface area contributed by atoms with Gasteiger partial charge in [-0.1, -0.05) is 6.07 Å². The molecule has 1 amide bonds. The van der Waals surface area contributed by atoms with E-state index in [9.17, 15) is 4.79 Å². The Labute approximate surface area is 134 Å². The van der Waals surface area contributed by atoms with Gasteiger partial charge in [0.25, 0.3) is 5.91 Å². The van der Waals surface area contributed by atoms with Gasteiger partial charge in [-0.15, -0.1) is 0 Å². The zero-order valence-electron chi connectivity index (χ0n) is 12.1. The Hall–Kier alpha value is -2.21. The maximum Gasteiger partial charge on any atom is 0.293 e. The van der Waals surface area contributed by atoms with E-state index >= 15 is 0 Å². The smallest absolute Gasteiger partial charge is 0.293 e. The van der Waals surface area contributed by atoms with Crippen LogP contribution in [0, 0.1) is 0 Å². The van der Waals surface area contributed by atoms with E-state index in [1.165, 1.54) is 6.26 Å². The molecule has 1 atom stereocenters. The van der Waals surface area contributed by atoms with Crippen LogP contribution in [-0.2, 0) is 0 Å². The first-order chi connectivity index (χ1) is 10.8. The lowest BCUT2D eigenvalue weighted by atomic mass is 9.97. The number of likely N-dealkylation sites (tertiary alicyclic amines) is 1. The number of rotatable bonds is 2. The topological polar surface area (TPSA) is 58.4 Å². The van der Waals surface area contributed by atoms with E-state index in [1.807, 2.05) is 18.3 Å². The van der Waals surface area contributed by atoms with Crippen LogP contribution < -0.4 is 5.32 Å². The van der Waals surface area contributed by atoms with Crippen LogP contribution in [0.4, 0.5) is 0 Å². The van der Waals surface area contributed by atoms with Gasteiger partial charge >= 0.3 is 0 Å². The first-order valence-corrected chi connectivity index (χ1v) is 7.72. The summed E-state index contributed by atoms with van der Waals surface area (Å²) in [6.45, 7) is 0.830. The summed E-state index contributed by atoms with van der Waals surface area (Å²) in [4.78, 5) is 18.3. The molecule has 0 aliphatic carbocycles. The summed E-state index contributed by atoms with van der Waals surface area (Å²) in [5, 5.41) is 3.20. The number of aromatic nitrogens is 1. The number of furan rings is 1. The number of amides is 1. The summed E-state index contributed by atoms with van der Waals surface area (Å²) in [7, 11) is 0. The van der Waals surface area contributed by atoms with Crippen LogP contribution in [0.3, 0.4) is 0 Å². The average molecular weight is 315 g/mol. The zero-order chi connectivity index (χ0) is 15.4. The summed E-state index contributed by atoms with van der Waals surface area (Å²) in [6, 6.07) is 7.43. The number of hydrogen-bond donors (Lipinski definition) is 1. The van der Waals surface area contributed by atoms with Crippen molar-refractivity contribution in [3.63, 3.8) is 0 Å². The van der Waals surface area contributed by atoms with Gasteiger partial charge in [-0.3, -0.25) is 15.1 Å². The number of piperidine rings is 1. The van der Waals surface area contributed by atoms with E-state index in [0.717, 1.165) is 31.4 Å². The molecule has 0 unspecified atom stereocenters. The monoisotopic (exact) mass is 315 g/mol. The SMILES string of the molecule is O=C(NC(=S)N1CCCC[C@H]1c1cccnc1)c1ccco1. The highest BCUT2D eigenvalue weighted by Gasteiger charge is 2.27. The molecular formula is C16H17N3O2S. The fraction of sp³-hybridized carbons (Fsp3) is 0.312. The Morgan fingerprint density at radius 3 is 3.00 bits per heavy atom. The molecule has 2 aromatic heterocycles. The minimum absolute atomic E-state index is 0.159. The zero-order valence-corrected chi connectivity index (χ0v) is 12.9. The molecule has 6 heteroatoms. The van der Waals surface area contributed by atoms with Crippen molar-refractivity contribution < 1.29 is 9.21 Å². The van der Waals surface area contributed by atoms with Crippen molar-refractivity contribution >= 4 is 23.2 Å². The molecule has 114 valence electrons. The predicted octanol–water partition coefficient (Wildman–Crippen LogP) is 2.92. The minimum atomic E-state index is -0.314. The molecule has 1 N–H and O–H groups in total. The second-order valence-electron chi connectivity index (χ2n) is 5.23. The third kappa shape index (κ3) is 3.17. The Morgan fingerprint density at radius 1 is 1.36 bits per heavy atom. The molecule has 1 aliphatic rings. The Balaban J connectivity index is 1.73. The van der Waals surface area contributed by atoms with E-state index in [1.54, 1.807) is 18.3 Å². The summed E-state index contributed by atoms with van der Waals surface area (Å²) in [5.74, 6) is -0.0530. The standard InChI is InChI=1S/C16H17N3O2S/c20-15(14-7-4-10-21-14)18-16(22)19-9-2-1-6-13(19)12-5-3-8-17-11-12/h3-5,7-8,10-11,13H,1-2,6,9H2,(H,18,20,22)/t13-/m0/s1. The molecule has 0 aromatic carbocycles. The molecule has 2 aromatic rings. The lowest BCUT2D eigenvalue weighted by Crippen LogP contribution is -2.46. The van der Waals surface area contributed by atoms with Gasteiger partial charge < -0.3 is 9.32 Å². The normalized spacial score (nSPS) is 18.0. The van der Waals surface area contributed by atoms with Crippen molar-refractivity contribution in [1.29, 1.82) is 0 Å². The lowest BCUT2D eigenvalue weighted by molar-refractivity contribution is 0.0942. The molecular weight excluding hydrogens is 298 g/mol. The molecule has 0 saturated carbocycles. The van der Waals surface area contributed by atoms with Gasteiger partial charge in [0.1, 0.15) is 0 Å². The molecule has 1 aliphatic heterocycles. The number of carbonyl (C=O) groups is 1. The number of hydrogen-bond acceptors (Lipinski definition) is 4. The summed E-state index contributed by atoms with van der Waals surface area (Å²) >= 11 is 5.43. The fourth-order valence-corrected chi connectivity index (χ4v) is 3.04. The highest BCUT2D eigenvalue weighted by atomic mass is 32.1. The van der Waals surface area contributed by atoms with Crippen molar-refractivity contribution in [1.82, 2.24) is 15.2 Å². The molecule has 3 heterocycles. The average Bonchev–Trinajstić information content (AvgIpc) is 3.10. The molecule has 5 nitrogen and oxygen atoms in total. The number of pyridine rings is 1. The summed E-state index contributed by atoms with van der Waals surface area (Å²) in [6.07, 6.45) is 8.30. The van der Waals surface area contributed by atoms with Crippen molar-refractivity contribution in [3.05, 3.63) is 54.2 Å². The van der Waals surface area contributed by atoms with Crippen molar-refractivity contribution in [2.45, 2.75) is 25.3 Å². The minimum Gasteiger partial charge on any atom is -0.459 e. The number of nitrogens with zero attached hydrogens (tertiary/aromatic N) is 2. The van der Waals surface area contributed by atoms with E-state index in [0.29, 0.717) is 5.11 Å². The molecule has 0 bridgehead atoms. The van der Waals surface area contributed by atoms with Gasteiger partial charge in [0.05, 0.1) is 12.3 Å². The van der Waals surface area contributed by atoms with Crippen LogP contribution in [0.15, 0.2) is 47.3 Å². The number of carbonyl (C=O) groups excluding carboxylic acids is 1. The van der Waals surface area contributed by atoms with Crippen molar-refractivity contribution in [3.8, 4) is 0 Å². The number of thiocarbonyl (C=S) groups is 1. The van der Waals surface area contributed by atoms with Crippen LogP contribution in [0.5, 0.6) is 0 Å². The lowest BCUT2D eigenvalue weighted by Gasteiger charge is -2.37. The maximum absolute atomic E-state index is 12.1. The Kier molecular flexibility index (Phi) is 4.48. The van der Waals surface area contributed by atoms with E-state index in [4.69, 9.17) is 16.6 Å². The van der Waals surface area contributed by atoms with Gasteiger partial charge in [-0.25, -0.2) is 0 Å². The summed E-state index contributed by atoms with van der Waals surface area (Å²) in [5.41, 5.74) is 1.12. The third-order valence-corrected chi connectivity index (χ3v) is 4.13. The van der Waals surface area contributed by atoms with Crippen LogP contribution >= 0.6 is 12.2 Å². The third-order valence-electron chi connectivity index (χ3n) is 3.80. The van der Waals surface area contributed by atoms with E-state index in [2.05, 4.69) is 15.2 Å². The molecule has 0 radical (unpaired) electrons. The van der Waals surface area contributed by atoms with Gasteiger partial charge in [0.2, 0.25) is 0 Å². The van der Waals surface area contributed by atoms with Gasteiger partial charge in [0, 0.05) is 18.9 Å². The van der Waals surface area contributed by atoms with Crippen LogP contribution in [0.1, 0.15) is 41.4 Å². The second-order valence-corrected chi connectivity index (χ2v) is 5.61. The van der Waals surface area contributed by atoms with Crippen LogP contribution in [0.25, 0.3) is 0 Å². The Morgan fingerprint density at radius 2 is 2.27 bits per heavy atom. The number of nitrogens with one attached hydrogen (secondary N) is 1. The molecule has 3 rings (SSSR count). The van der Waals surface area contributed by atoms with Crippen LogP contribution in [0.2, 0.25) is 0 Å². The van der Waals surface area contributed by atoms with Gasteiger partial charge in [-0.05, 0) is 55.2 Å². The molecule has 22 heavy (non-hydrogen) atoms. The van der Waals surface area contributed by atoms with Gasteiger partial charge in [0.15, 0.2) is 10.9 Å². The fourth-order valence-electron chi connectivity index (χ4n) is 2.73. The van der Waals surface area contributed by atoms with Crippen molar-refractivity contribution in [2.24, 2.45) is 0 Å². The molecule has 1 saturated heterocycles. The quantitative estimate of drug-likeness (QED) is 0.864. The first kappa shape index (κ1) is 14.7. The molecule has 1 fully saturated rings. The summed E-state index contributed by atoms with van der Waals surface area (Å²) < 4.78 is 5.09.